The maximum absolute atomic E-state index is 12.6. The average Bonchev–Trinajstić information content (AvgIpc) is 3.32. The molecule has 1 amide bonds. The Hall–Kier alpha value is -2.97. The summed E-state index contributed by atoms with van der Waals surface area (Å²) in [5, 5.41) is 9.62. The first-order valence-corrected chi connectivity index (χ1v) is 12.4. The Morgan fingerprint density at radius 2 is 1.97 bits per heavy atom. The van der Waals surface area contributed by atoms with E-state index in [-0.39, 0.29) is 5.91 Å². The van der Waals surface area contributed by atoms with E-state index in [1.54, 1.807) is 6.20 Å². The highest BCUT2D eigenvalue weighted by Crippen LogP contribution is 2.32. The van der Waals surface area contributed by atoms with Crippen LogP contribution < -0.4 is 10.2 Å². The lowest BCUT2D eigenvalue weighted by Gasteiger charge is -2.21. The minimum Gasteiger partial charge on any atom is -0.357 e. The maximum Gasteiger partial charge on any atom is 0.280 e. The van der Waals surface area contributed by atoms with E-state index in [1.165, 1.54) is 37.0 Å². The van der Waals surface area contributed by atoms with Gasteiger partial charge in [-0.15, -0.1) is 11.3 Å². The summed E-state index contributed by atoms with van der Waals surface area (Å²) < 4.78 is 1.81. The number of thiazole rings is 1. The first-order chi connectivity index (χ1) is 16.1. The average molecular weight is 481 g/mol. The first-order valence-electron chi connectivity index (χ1n) is 11.2. The normalized spacial score (nSPS) is 14.4. The molecular weight excluding hydrogens is 456 g/mol. The number of amides is 1. The van der Waals surface area contributed by atoms with Crippen molar-refractivity contribution >= 4 is 45.7 Å². The Bertz CT molecular complexity index is 1290. The summed E-state index contributed by atoms with van der Waals surface area (Å²) in [6.45, 7) is 2.49. The molecule has 4 aromatic rings. The number of nitrogens with one attached hydrogen (secondary N) is 1. The number of anilines is 1. The summed E-state index contributed by atoms with van der Waals surface area (Å²) in [5.74, 6) is 0.789. The number of halogens is 1. The van der Waals surface area contributed by atoms with Crippen LogP contribution in [0.5, 0.6) is 0 Å². The summed E-state index contributed by atoms with van der Waals surface area (Å²) in [5.41, 5.74) is 2.58. The molecule has 1 saturated heterocycles. The summed E-state index contributed by atoms with van der Waals surface area (Å²) in [6, 6.07) is 11.6. The second-order valence-electron chi connectivity index (χ2n) is 8.26. The van der Waals surface area contributed by atoms with Gasteiger partial charge >= 0.3 is 0 Å². The highest BCUT2D eigenvalue weighted by molar-refractivity contribution is 7.17. The number of aromatic nitrogens is 4. The highest BCUT2D eigenvalue weighted by atomic mass is 35.5. The fourth-order valence-corrected chi connectivity index (χ4v) is 5.22. The third kappa shape index (κ3) is 4.72. The Morgan fingerprint density at radius 1 is 1.15 bits per heavy atom. The molecule has 0 spiro atoms. The molecule has 0 bridgehead atoms. The van der Waals surface area contributed by atoms with Gasteiger partial charge in [0.25, 0.3) is 5.91 Å². The zero-order valence-corrected chi connectivity index (χ0v) is 20.0. The molecule has 0 atom stereocenters. The largest absolute Gasteiger partial charge is 0.357 e. The Labute approximate surface area is 201 Å². The van der Waals surface area contributed by atoms with Gasteiger partial charge in [0, 0.05) is 43.3 Å². The number of benzene rings is 1. The van der Waals surface area contributed by atoms with E-state index in [4.69, 9.17) is 21.7 Å². The van der Waals surface area contributed by atoms with Crippen molar-refractivity contribution in [2.24, 2.45) is 7.05 Å². The van der Waals surface area contributed by atoms with Crippen LogP contribution in [0.1, 0.15) is 41.0 Å². The number of carbonyl (C=O) groups excluding carboxylic acids is 1. The number of aryl methyl sites for hydroxylation is 1. The molecule has 1 fully saturated rings. The van der Waals surface area contributed by atoms with Gasteiger partial charge in [-0.2, -0.15) is 5.10 Å². The monoisotopic (exact) mass is 480 g/mol. The SMILES string of the molecule is Cn1nc(-c2cnc(C(=O)NCc3cccc(Cl)c3)s2)c2ccc(N3CCCCCC3)nc21. The summed E-state index contributed by atoms with van der Waals surface area (Å²) in [4.78, 5) is 25.1. The molecule has 0 radical (unpaired) electrons. The number of rotatable bonds is 5. The Morgan fingerprint density at radius 3 is 2.76 bits per heavy atom. The smallest absolute Gasteiger partial charge is 0.280 e. The van der Waals surface area contributed by atoms with Crippen molar-refractivity contribution in [3.8, 4) is 10.6 Å². The van der Waals surface area contributed by atoms with Crippen LogP contribution in [-0.4, -0.2) is 38.7 Å². The highest BCUT2D eigenvalue weighted by Gasteiger charge is 2.19. The number of nitrogens with zero attached hydrogens (tertiary/aromatic N) is 5. The molecule has 7 nitrogen and oxygen atoms in total. The van der Waals surface area contributed by atoms with Crippen molar-refractivity contribution in [1.29, 1.82) is 0 Å². The van der Waals surface area contributed by atoms with Crippen molar-refractivity contribution in [2.45, 2.75) is 32.2 Å². The molecule has 0 unspecified atom stereocenters. The number of fused-ring (bicyclic) bond motifs is 1. The molecule has 1 N–H and O–H groups in total. The van der Waals surface area contributed by atoms with E-state index in [1.807, 2.05) is 36.0 Å². The number of hydrogen-bond acceptors (Lipinski definition) is 6. The summed E-state index contributed by atoms with van der Waals surface area (Å²) in [6.07, 6.45) is 6.70. The van der Waals surface area contributed by atoms with Crippen molar-refractivity contribution < 1.29 is 4.79 Å². The third-order valence-electron chi connectivity index (χ3n) is 5.88. The van der Waals surface area contributed by atoms with Crippen LogP contribution in [0.3, 0.4) is 0 Å². The minimum atomic E-state index is -0.215. The molecule has 0 aliphatic carbocycles. The molecule has 9 heteroatoms. The molecule has 33 heavy (non-hydrogen) atoms. The van der Waals surface area contributed by atoms with Gasteiger partial charge in [-0.25, -0.2) is 14.6 Å². The van der Waals surface area contributed by atoms with Gasteiger partial charge in [-0.3, -0.25) is 4.79 Å². The minimum absolute atomic E-state index is 0.215. The van der Waals surface area contributed by atoms with Gasteiger partial charge in [0.05, 0.1) is 4.88 Å². The van der Waals surface area contributed by atoms with Gasteiger partial charge in [0.2, 0.25) is 0 Å². The number of carbonyl (C=O) groups is 1. The van der Waals surface area contributed by atoms with Crippen molar-refractivity contribution in [3.05, 3.63) is 58.2 Å². The van der Waals surface area contributed by atoms with Crippen LogP contribution in [0.25, 0.3) is 21.6 Å². The van der Waals surface area contributed by atoms with E-state index in [2.05, 4.69) is 27.3 Å². The zero-order chi connectivity index (χ0) is 22.8. The van der Waals surface area contributed by atoms with Gasteiger partial charge in [0.1, 0.15) is 11.5 Å². The van der Waals surface area contributed by atoms with Crippen LogP contribution in [0.15, 0.2) is 42.6 Å². The Balaban J connectivity index is 1.35. The van der Waals surface area contributed by atoms with Crippen LogP contribution >= 0.6 is 22.9 Å². The number of hydrogen-bond donors (Lipinski definition) is 1. The van der Waals surface area contributed by atoms with E-state index < -0.39 is 0 Å². The Kier molecular flexibility index (Phi) is 6.28. The van der Waals surface area contributed by atoms with Gasteiger partial charge < -0.3 is 10.2 Å². The quantitative estimate of drug-likeness (QED) is 0.432. The molecule has 4 heterocycles. The summed E-state index contributed by atoms with van der Waals surface area (Å²) >= 11 is 7.35. The lowest BCUT2D eigenvalue weighted by atomic mass is 10.2. The molecule has 170 valence electrons. The van der Waals surface area contributed by atoms with E-state index in [0.717, 1.165) is 46.1 Å². The lowest BCUT2D eigenvalue weighted by molar-refractivity contribution is 0.0950. The van der Waals surface area contributed by atoms with Gasteiger partial charge in [-0.1, -0.05) is 36.6 Å². The van der Waals surface area contributed by atoms with Crippen LogP contribution in [0, 0.1) is 0 Å². The fraction of sp³-hybridized carbons (Fsp3) is 0.333. The van der Waals surface area contributed by atoms with Crippen LogP contribution in [-0.2, 0) is 13.6 Å². The molecule has 1 aliphatic heterocycles. The van der Waals surface area contributed by atoms with E-state index >= 15 is 0 Å². The third-order valence-corrected chi connectivity index (χ3v) is 7.12. The van der Waals surface area contributed by atoms with E-state index in [9.17, 15) is 4.79 Å². The molecular formula is C24H25ClN6OS. The molecule has 3 aromatic heterocycles. The maximum atomic E-state index is 12.6. The van der Waals surface area contributed by atoms with Crippen molar-refractivity contribution in [2.75, 3.05) is 18.0 Å². The standard InChI is InChI=1S/C24H25ClN6OS/c1-30-22-18(9-10-20(28-22)31-11-4-2-3-5-12-31)21(29-30)19-15-27-24(33-19)23(32)26-14-16-7-6-8-17(25)13-16/h6-10,13,15H,2-5,11-12,14H2,1H3,(H,26,32). The molecule has 5 rings (SSSR count). The molecule has 1 aromatic carbocycles. The van der Waals surface area contributed by atoms with E-state index in [0.29, 0.717) is 16.6 Å². The second-order valence-corrected chi connectivity index (χ2v) is 9.72. The fourth-order valence-electron chi connectivity index (χ4n) is 4.17. The first kappa shape index (κ1) is 21.9. The topological polar surface area (TPSA) is 75.9 Å². The second kappa shape index (κ2) is 9.49. The summed E-state index contributed by atoms with van der Waals surface area (Å²) in [7, 11) is 1.91. The molecule has 1 aliphatic rings. The lowest BCUT2D eigenvalue weighted by Crippen LogP contribution is -2.24. The zero-order valence-electron chi connectivity index (χ0n) is 18.4. The van der Waals surface area contributed by atoms with Crippen LogP contribution in [0.2, 0.25) is 5.02 Å². The van der Waals surface area contributed by atoms with Gasteiger partial charge in [0.15, 0.2) is 10.7 Å². The van der Waals surface area contributed by atoms with Crippen molar-refractivity contribution in [1.82, 2.24) is 25.1 Å². The number of pyridine rings is 1. The molecule has 0 saturated carbocycles. The van der Waals surface area contributed by atoms with Crippen molar-refractivity contribution in [3.63, 3.8) is 0 Å². The predicted octanol–water partition coefficient (Wildman–Crippen LogP) is 5.06. The van der Waals surface area contributed by atoms with Crippen LogP contribution in [0.4, 0.5) is 5.82 Å². The van der Waals surface area contributed by atoms with Gasteiger partial charge in [-0.05, 0) is 42.7 Å². The predicted molar refractivity (Wildman–Crippen MR) is 133 cm³/mol.